The van der Waals surface area contributed by atoms with Crippen LogP contribution in [0.3, 0.4) is 0 Å². The molecule has 0 spiro atoms. The maximum Gasteiger partial charge on any atom is 0.137 e. The van der Waals surface area contributed by atoms with Crippen LogP contribution in [0.25, 0.3) is 87.6 Å². The van der Waals surface area contributed by atoms with Crippen molar-refractivity contribution in [2.45, 2.75) is 214 Å². The highest BCUT2D eigenvalue weighted by Gasteiger charge is 2.27. The molecule has 0 atom stereocenters. The number of fused-ring (bicyclic) bond motifs is 16. The lowest BCUT2D eigenvalue weighted by atomic mass is 9.95. The Morgan fingerprint density at radius 1 is 0.192 bits per heavy atom. The first-order chi connectivity index (χ1) is 58.9. The van der Waals surface area contributed by atoms with Gasteiger partial charge in [-0.2, -0.15) is 0 Å². The fourth-order valence-corrected chi connectivity index (χ4v) is 16.8. The van der Waals surface area contributed by atoms with Gasteiger partial charge in [0.1, 0.15) is 69.9 Å². The van der Waals surface area contributed by atoms with Crippen LogP contribution < -0.4 is 0 Å². The molecule has 120 heavy (non-hydrogen) atoms. The van der Waals surface area contributed by atoms with Crippen LogP contribution in [0.1, 0.15) is 247 Å². The number of hydrogen-bond donors (Lipinski definition) is 0. The molecule has 0 radical (unpaired) electrons. The van der Waals surface area contributed by atoms with Gasteiger partial charge in [-0.3, -0.25) is 0 Å². The number of rotatable bonds is 16. The van der Waals surface area contributed by atoms with E-state index in [1.807, 2.05) is 55.4 Å². The summed E-state index contributed by atoms with van der Waals surface area (Å²) in [6.45, 7) is 32.8. The molecular formula is C108H116N12. The molecule has 4 aromatic heterocycles. The minimum atomic E-state index is 0.748. The van der Waals surface area contributed by atoms with E-state index < -0.39 is 0 Å². The molecule has 0 unspecified atom stereocenters. The Labute approximate surface area is 711 Å². The zero-order chi connectivity index (χ0) is 84.3. The van der Waals surface area contributed by atoms with Crippen molar-refractivity contribution >= 4 is 43.1 Å². The van der Waals surface area contributed by atoms with Crippen LogP contribution >= 0.6 is 0 Å². The van der Waals surface area contributed by atoms with Gasteiger partial charge in [-0.1, -0.05) is 305 Å². The quantitative estimate of drug-likeness (QED) is 0.0904. The van der Waals surface area contributed by atoms with Gasteiger partial charge in [0.2, 0.25) is 0 Å². The highest BCUT2D eigenvalue weighted by atomic mass is 15.1. The molecule has 12 nitrogen and oxygen atoms in total. The molecule has 0 bridgehead atoms. The van der Waals surface area contributed by atoms with E-state index in [0.29, 0.717) is 0 Å². The zero-order valence-electron chi connectivity index (χ0n) is 73.5. The second-order valence-corrected chi connectivity index (χ2v) is 29.9. The van der Waals surface area contributed by atoms with Crippen LogP contribution in [0.4, 0.5) is 0 Å². The summed E-state index contributed by atoms with van der Waals surface area (Å²) >= 11 is 0. The molecule has 12 heteroatoms. The summed E-state index contributed by atoms with van der Waals surface area (Å²) < 4.78 is 0. The Morgan fingerprint density at radius 3 is 0.892 bits per heavy atom. The van der Waals surface area contributed by atoms with Crippen molar-refractivity contribution in [3.05, 3.63) is 355 Å². The third kappa shape index (κ3) is 19.2. The van der Waals surface area contributed by atoms with E-state index in [1.54, 1.807) is 0 Å². The molecule has 4 aliphatic carbocycles. The van der Waals surface area contributed by atoms with Crippen molar-refractivity contribution in [2.75, 3.05) is 0 Å². The van der Waals surface area contributed by atoms with Crippen molar-refractivity contribution in [3.8, 4) is 44.5 Å². The lowest BCUT2D eigenvalue weighted by Gasteiger charge is -2.11. The molecule has 12 aromatic carbocycles. The highest BCUT2D eigenvalue weighted by molar-refractivity contribution is 5.96. The Hall–Kier alpha value is -12.3. The van der Waals surface area contributed by atoms with Gasteiger partial charge < -0.3 is 0 Å². The van der Waals surface area contributed by atoms with Gasteiger partial charge in [0, 0.05) is 77.0 Å². The first-order valence-electron chi connectivity index (χ1n) is 44.4. The van der Waals surface area contributed by atoms with Gasteiger partial charge in [0.05, 0.1) is 0 Å². The fraction of sp³-hybridized carbons (Fsp3) is 0.296. The van der Waals surface area contributed by atoms with Crippen molar-refractivity contribution in [3.63, 3.8) is 0 Å². The Bertz CT molecular complexity index is 6190. The molecule has 0 N–H and O–H groups in total. The summed E-state index contributed by atoms with van der Waals surface area (Å²) in [6, 6.07) is 80.2. The van der Waals surface area contributed by atoms with E-state index in [4.69, 9.17) is 19.9 Å². The number of aromatic nitrogens is 12. The topological polar surface area (TPSA) is 155 Å². The largest absolute Gasteiger partial charge is 0.218 e. The summed E-state index contributed by atoms with van der Waals surface area (Å²) in [5.74, 6) is 10.6. The minimum absolute atomic E-state index is 0.748. The van der Waals surface area contributed by atoms with Gasteiger partial charge in [0.15, 0.2) is 0 Å². The third-order valence-corrected chi connectivity index (χ3v) is 22.4. The first-order valence-corrected chi connectivity index (χ1v) is 44.4. The summed E-state index contributed by atoms with van der Waals surface area (Å²) in [7, 11) is 0. The van der Waals surface area contributed by atoms with Crippen LogP contribution in [0.5, 0.6) is 0 Å². The lowest BCUT2D eigenvalue weighted by Crippen LogP contribution is -2.08. The van der Waals surface area contributed by atoms with Crippen LogP contribution in [0, 0.1) is 0 Å². The highest BCUT2D eigenvalue weighted by Crippen LogP contribution is 2.45. The summed E-state index contributed by atoms with van der Waals surface area (Å²) in [5, 5.41) is 10.5. The monoisotopic (exact) mass is 1580 g/mol. The van der Waals surface area contributed by atoms with Gasteiger partial charge in [-0.25, -0.2) is 59.8 Å². The SMILES string of the molecule is CC.CC.CC.CC.CCc1nc(CC)nc(Cc2ccc3c(c2)-c2cc4ccccc4cc2C3)n1.CCc1nc(CC)nc(Cc2ccc3c(c2)Cc2cc4ccccc4cc2-3)n1.CCc1nc(CC)nc(Cc2cccc3c2-c2cc4ccccc4cc2C3)n1.CCc1nc(CC)nc(Cc2cccc3c2Cc2cc4ccccc4cc2-3)n1. The molecule has 20 rings (SSSR count). The lowest BCUT2D eigenvalue weighted by molar-refractivity contribution is 0.778. The van der Waals surface area contributed by atoms with E-state index >= 15 is 0 Å². The van der Waals surface area contributed by atoms with Gasteiger partial charge in [-0.05, 0) is 204 Å². The molecule has 0 amide bonds. The molecule has 0 aliphatic heterocycles. The predicted molar refractivity (Wildman–Crippen MR) is 500 cm³/mol. The number of aryl methyl sites for hydroxylation is 8. The number of benzene rings is 12. The van der Waals surface area contributed by atoms with Crippen LogP contribution in [0.2, 0.25) is 0 Å². The minimum Gasteiger partial charge on any atom is -0.218 e. The van der Waals surface area contributed by atoms with Crippen LogP contribution in [-0.2, 0) is 103 Å². The predicted octanol–water partition coefficient (Wildman–Crippen LogP) is 25.4. The molecule has 16 aromatic rings. The molecule has 0 saturated heterocycles. The second-order valence-electron chi connectivity index (χ2n) is 29.9. The normalized spacial score (nSPS) is 11.6. The average Bonchev–Trinajstić information content (AvgIpc) is 1.68. The molecule has 4 heterocycles. The summed E-state index contributed by atoms with van der Waals surface area (Å²) in [4.78, 5) is 55.4. The third-order valence-electron chi connectivity index (χ3n) is 22.4. The van der Waals surface area contributed by atoms with Crippen molar-refractivity contribution in [1.82, 2.24) is 59.8 Å². The summed E-state index contributed by atoms with van der Waals surface area (Å²) in [5.41, 5.74) is 27.4. The summed E-state index contributed by atoms with van der Waals surface area (Å²) in [6.07, 6.45) is 13.7. The maximum atomic E-state index is 4.70. The zero-order valence-corrected chi connectivity index (χ0v) is 73.5. The van der Waals surface area contributed by atoms with Crippen LogP contribution in [0.15, 0.2) is 218 Å². The number of nitrogens with zero attached hydrogens (tertiary/aromatic N) is 12. The standard InChI is InChI=1S/4C25H23N3.4C2H6/c1-3-22-26-23(4-2)28-24(27-22)15-19-11-7-10-18-13-20-12-16-8-5-6-9-17(16)14-21(20)25(18)19;1-3-23-26-24(4-2)28-25(27-23)15-18-10-7-11-20-21(18)14-19-12-16-8-5-6-9-17(16)13-22(19)20;1-3-23-26-24(4-2)28-25(27-23)12-16-9-10-21-19(11-16)14-20-13-17-7-5-6-8-18(17)15-22(20)21;1-3-23-26-24(4-2)28-25(27-23)12-16-9-10-19-14-20-13-17-7-5-6-8-18(17)15-22(20)21(19)11-16;4*1-2/h5-12,14H,3-4,13,15H2,1-2H3;5-13H,3-4,14-15H2,1-2H3;2*5-11,13,15H,3-4,12,14H2,1-2H3;4*1-2H3. The Kier molecular flexibility index (Phi) is 28.9. The van der Waals surface area contributed by atoms with Crippen molar-refractivity contribution in [1.29, 1.82) is 0 Å². The Morgan fingerprint density at radius 2 is 0.475 bits per heavy atom. The number of hydrogen-bond acceptors (Lipinski definition) is 12. The molecular weight excluding hydrogens is 1470 g/mol. The first kappa shape index (κ1) is 85.6. The van der Waals surface area contributed by atoms with E-state index in [0.717, 1.165) is 173 Å². The van der Waals surface area contributed by atoms with Crippen molar-refractivity contribution < 1.29 is 0 Å². The van der Waals surface area contributed by atoms with Gasteiger partial charge in [0.25, 0.3) is 0 Å². The molecule has 608 valence electrons. The smallest absolute Gasteiger partial charge is 0.137 e. The average molecular weight is 1580 g/mol. The van der Waals surface area contributed by atoms with Crippen molar-refractivity contribution in [2.24, 2.45) is 0 Å². The van der Waals surface area contributed by atoms with Gasteiger partial charge in [-0.15, -0.1) is 0 Å². The molecule has 0 saturated carbocycles. The maximum absolute atomic E-state index is 4.70. The van der Waals surface area contributed by atoms with E-state index in [2.05, 4.69) is 314 Å². The van der Waals surface area contributed by atoms with Crippen LogP contribution in [-0.4, -0.2) is 59.8 Å². The van der Waals surface area contributed by atoms with E-state index in [-0.39, 0.29) is 0 Å². The molecule has 0 fully saturated rings. The Balaban J connectivity index is 0.000000134. The van der Waals surface area contributed by atoms with Gasteiger partial charge >= 0.3 is 0 Å². The fourth-order valence-electron chi connectivity index (χ4n) is 16.8. The van der Waals surface area contributed by atoms with E-state index in [9.17, 15) is 0 Å². The van der Waals surface area contributed by atoms with E-state index in [1.165, 1.54) is 154 Å². The molecule has 4 aliphatic rings. The second kappa shape index (κ2) is 40.4.